The van der Waals surface area contributed by atoms with Gasteiger partial charge in [0.05, 0.1) is 5.56 Å². The number of nitrogens with zero attached hydrogens (tertiary/aromatic N) is 2. The number of aryl methyl sites for hydroxylation is 1. The average Bonchev–Trinajstić information content (AvgIpc) is 3.08. The Kier molecular flexibility index (Phi) is 4.13. The third-order valence-corrected chi connectivity index (χ3v) is 3.90. The third kappa shape index (κ3) is 3.03. The maximum atomic E-state index is 12.3. The van der Waals surface area contributed by atoms with Gasteiger partial charge in [-0.2, -0.15) is 5.26 Å². The summed E-state index contributed by atoms with van der Waals surface area (Å²) in [6.45, 7) is 3.93. The van der Waals surface area contributed by atoms with E-state index in [1.54, 1.807) is 0 Å². The van der Waals surface area contributed by atoms with Crippen LogP contribution in [-0.4, -0.2) is 15.9 Å². The van der Waals surface area contributed by atoms with Gasteiger partial charge in [-0.1, -0.05) is 30.3 Å². The molecule has 118 valence electrons. The van der Waals surface area contributed by atoms with Crippen molar-refractivity contribution in [1.29, 1.82) is 5.26 Å². The van der Waals surface area contributed by atoms with Crippen molar-refractivity contribution in [3.63, 3.8) is 0 Å². The molecule has 0 spiro atoms. The number of amides is 1. The molecule has 0 fully saturated rings. The predicted molar refractivity (Wildman–Crippen MR) is 92.6 cm³/mol. The van der Waals surface area contributed by atoms with Crippen molar-refractivity contribution in [2.45, 2.75) is 13.8 Å². The molecule has 2 aromatic heterocycles. The highest BCUT2D eigenvalue weighted by atomic mass is 16.1. The van der Waals surface area contributed by atoms with Gasteiger partial charge in [-0.05, 0) is 42.7 Å². The Balaban J connectivity index is 1.93. The van der Waals surface area contributed by atoms with Gasteiger partial charge >= 0.3 is 0 Å². The molecule has 0 aliphatic heterocycles. The SMILES string of the molecule is Cc1nc(NC(=O)c2cc(C#N)c[nH]2)cc(-c2ccccc2)c1C. The monoisotopic (exact) mass is 316 g/mol. The first-order chi connectivity index (χ1) is 11.6. The first-order valence-electron chi connectivity index (χ1n) is 7.52. The van der Waals surface area contributed by atoms with Crippen LogP contribution in [0.25, 0.3) is 11.1 Å². The summed E-state index contributed by atoms with van der Waals surface area (Å²) in [5, 5.41) is 11.6. The van der Waals surface area contributed by atoms with Crippen molar-refractivity contribution in [1.82, 2.24) is 9.97 Å². The number of nitriles is 1. The Morgan fingerprint density at radius 1 is 1.21 bits per heavy atom. The topological polar surface area (TPSA) is 81.6 Å². The molecule has 1 aromatic carbocycles. The van der Waals surface area contributed by atoms with Gasteiger partial charge in [0.2, 0.25) is 0 Å². The highest BCUT2D eigenvalue weighted by Crippen LogP contribution is 2.27. The van der Waals surface area contributed by atoms with E-state index in [1.165, 1.54) is 12.3 Å². The largest absolute Gasteiger partial charge is 0.356 e. The number of rotatable bonds is 3. The molecule has 2 N–H and O–H groups in total. The summed E-state index contributed by atoms with van der Waals surface area (Å²) in [6.07, 6.45) is 1.50. The zero-order valence-electron chi connectivity index (χ0n) is 13.4. The number of nitrogens with one attached hydrogen (secondary N) is 2. The van der Waals surface area contributed by atoms with Crippen LogP contribution in [0.15, 0.2) is 48.7 Å². The van der Waals surface area contributed by atoms with Gasteiger partial charge in [0.25, 0.3) is 5.91 Å². The van der Waals surface area contributed by atoms with Crippen LogP contribution in [-0.2, 0) is 0 Å². The summed E-state index contributed by atoms with van der Waals surface area (Å²) in [7, 11) is 0. The minimum absolute atomic E-state index is 0.327. The number of aromatic amines is 1. The number of benzene rings is 1. The first kappa shape index (κ1) is 15.5. The van der Waals surface area contributed by atoms with Crippen molar-refractivity contribution >= 4 is 11.7 Å². The van der Waals surface area contributed by atoms with Gasteiger partial charge in [0.1, 0.15) is 17.6 Å². The zero-order chi connectivity index (χ0) is 17.1. The second kappa shape index (κ2) is 6.39. The molecule has 0 aliphatic rings. The summed E-state index contributed by atoms with van der Waals surface area (Å²) in [4.78, 5) is 19.5. The molecule has 0 atom stereocenters. The molecule has 5 nitrogen and oxygen atoms in total. The Bertz CT molecular complexity index is 936. The number of hydrogen-bond acceptors (Lipinski definition) is 3. The van der Waals surface area contributed by atoms with Crippen molar-refractivity contribution in [2.24, 2.45) is 0 Å². The molecule has 0 unspecified atom stereocenters. The van der Waals surface area contributed by atoms with Gasteiger partial charge in [0, 0.05) is 11.9 Å². The Labute approximate surface area is 140 Å². The summed E-state index contributed by atoms with van der Waals surface area (Å²) in [5.41, 5.74) is 4.78. The normalized spacial score (nSPS) is 10.2. The van der Waals surface area contributed by atoms with Crippen LogP contribution in [0.3, 0.4) is 0 Å². The molecule has 1 amide bonds. The van der Waals surface area contributed by atoms with E-state index in [1.807, 2.05) is 56.3 Å². The molecule has 0 bridgehead atoms. The molecule has 2 heterocycles. The molecule has 0 saturated heterocycles. The molecular formula is C19H16N4O. The third-order valence-electron chi connectivity index (χ3n) is 3.90. The smallest absolute Gasteiger partial charge is 0.273 e. The standard InChI is InChI=1S/C19H16N4O/c1-12-13(2)22-18(9-16(12)15-6-4-3-5-7-15)23-19(24)17-8-14(10-20)11-21-17/h3-9,11,21H,1-2H3,(H,22,23,24). The van der Waals surface area contributed by atoms with E-state index in [9.17, 15) is 4.79 Å². The predicted octanol–water partition coefficient (Wildman–Crippen LogP) is 3.82. The van der Waals surface area contributed by atoms with Crippen LogP contribution in [0, 0.1) is 25.2 Å². The van der Waals surface area contributed by atoms with E-state index in [2.05, 4.69) is 15.3 Å². The van der Waals surface area contributed by atoms with Crippen LogP contribution in [0.5, 0.6) is 0 Å². The number of hydrogen-bond donors (Lipinski definition) is 2. The minimum atomic E-state index is -0.328. The highest BCUT2D eigenvalue weighted by Gasteiger charge is 2.13. The molecular weight excluding hydrogens is 300 g/mol. The van der Waals surface area contributed by atoms with Gasteiger partial charge in [-0.15, -0.1) is 0 Å². The van der Waals surface area contributed by atoms with Crippen LogP contribution >= 0.6 is 0 Å². The van der Waals surface area contributed by atoms with Crippen LogP contribution < -0.4 is 5.32 Å². The van der Waals surface area contributed by atoms with Crippen LogP contribution in [0.4, 0.5) is 5.82 Å². The lowest BCUT2D eigenvalue weighted by Crippen LogP contribution is -2.14. The fraction of sp³-hybridized carbons (Fsp3) is 0.105. The first-order valence-corrected chi connectivity index (χ1v) is 7.52. The molecule has 0 aliphatic carbocycles. The molecule has 5 heteroatoms. The van der Waals surface area contributed by atoms with E-state index in [-0.39, 0.29) is 5.91 Å². The molecule has 0 saturated carbocycles. The lowest BCUT2D eigenvalue weighted by atomic mass is 10.0. The number of anilines is 1. The number of carbonyl (C=O) groups excluding carboxylic acids is 1. The summed E-state index contributed by atoms with van der Waals surface area (Å²) in [5.74, 6) is 0.154. The van der Waals surface area contributed by atoms with E-state index >= 15 is 0 Å². The van der Waals surface area contributed by atoms with Crippen LogP contribution in [0.1, 0.15) is 27.3 Å². The molecule has 3 rings (SSSR count). The van der Waals surface area contributed by atoms with Crippen molar-refractivity contribution in [3.8, 4) is 17.2 Å². The second-order valence-corrected chi connectivity index (χ2v) is 5.50. The number of H-pyrrole nitrogens is 1. The van der Waals surface area contributed by atoms with Gasteiger partial charge < -0.3 is 10.3 Å². The van der Waals surface area contributed by atoms with Gasteiger partial charge in [0.15, 0.2) is 0 Å². The Morgan fingerprint density at radius 3 is 2.62 bits per heavy atom. The Hall–Kier alpha value is -3.39. The summed E-state index contributed by atoms with van der Waals surface area (Å²) < 4.78 is 0. The highest BCUT2D eigenvalue weighted by molar-refractivity contribution is 6.03. The molecule has 0 radical (unpaired) electrons. The van der Waals surface area contributed by atoms with E-state index < -0.39 is 0 Å². The Morgan fingerprint density at radius 2 is 1.96 bits per heavy atom. The lowest BCUT2D eigenvalue weighted by Gasteiger charge is -2.12. The van der Waals surface area contributed by atoms with Crippen molar-refractivity contribution in [2.75, 3.05) is 5.32 Å². The molecule has 24 heavy (non-hydrogen) atoms. The van der Waals surface area contributed by atoms with E-state index in [0.29, 0.717) is 17.1 Å². The van der Waals surface area contributed by atoms with Gasteiger partial charge in [-0.25, -0.2) is 4.98 Å². The lowest BCUT2D eigenvalue weighted by molar-refractivity contribution is 0.102. The van der Waals surface area contributed by atoms with Crippen molar-refractivity contribution in [3.05, 3.63) is 71.2 Å². The van der Waals surface area contributed by atoms with Crippen molar-refractivity contribution < 1.29 is 4.79 Å². The maximum absolute atomic E-state index is 12.3. The quantitative estimate of drug-likeness (QED) is 0.770. The average molecular weight is 316 g/mol. The summed E-state index contributed by atoms with van der Waals surface area (Å²) >= 11 is 0. The van der Waals surface area contributed by atoms with Gasteiger partial charge in [-0.3, -0.25) is 4.79 Å². The molecule has 3 aromatic rings. The fourth-order valence-electron chi connectivity index (χ4n) is 2.49. The minimum Gasteiger partial charge on any atom is -0.356 e. The second-order valence-electron chi connectivity index (χ2n) is 5.50. The summed E-state index contributed by atoms with van der Waals surface area (Å²) in [6, 6.07) is 15.3. The number of pyridine rings is 1. The number of carbonyl (C=O) groups is 1. The van der Waals surface area contributed by atoms with Crippen LogP contribution in [0.2, 0.25) is 0 Å². The number of aromatic nitrogens is 2. The van der Waals surface area contributed by atoms with E-state index in [4.69, 9.17) is 5.26 Å². The maximum Gasteiger partial charge on any atom is 0.273 e. The zero-order valence-corrected chi connectivity index (χ0v) is 13.4. The fourth-order valence-corrected chi connectivity index (χ4v) is 2.49. The van der Waals surface area contributed by atoms with E-state index in [0.717, 1.165) is 22.4 Å².